The minimum Gasteiger partial charge on any atom is -0.493 e. The largest absolute Gasteiger partial charge is 0.493 e. The molecule has 0 aliphatic carbocycles. The standard InChI is InChI=1S/C22H23BrF3N3O4/c1-3-4-8-33-21-17(23)9-14(10-18(21)32-2)13-27-29-20(31)12-19(30)28-16-7-5-6-15(11-16)22(24,25)26/h5-7,9-11,13H,3-4,8,12H2,1-2H3,(H,28,30)(H,29,31). The lowest BCUT2D eigenvalue weighted by Crippen LogP contribution is -2.24. The van der Waals surface area contributed by atoms with Crippen LogP contribution in [0.25, 0.3) is 0 Å². The average Bonchev–Trinajstić information content (AvgIpc) is 2.74. The van der Waals surface area contributed by atoms with Crippen LogP contribution in [-0.4, -0.2) is 31.7 Å². The molecule has 0 aliphatic heterocycles. The van der Waals surface area contributed by atoms with Gasteiger partial charge in [0.05, 0.1) is 30.0 Å². The molecule has 0 heterocycles. The van der Waals surface area contributed by atoms with E-state index in [1.54, 1.807) is 12.1 Å². The maximum absolute atomic E-state index is 12.7. The molecule has 0 radical (unpaired) electrons. The molecule has 0 atom stereocenters. The molecule has 0 spiro atoms. The van der Waals surface area contributed by atoms with Gasteiger partial charge in [0.15, 0.2) is 11.5 Å². The Morgan fingerprint density at radius 1 is 1.18 bits per heavy atom. The molecule has 0 saturated heterocycles. The maximum Gasteiger partial charge on any atom is 0.416 e. The second-order valence-electron chi connectivity index (χ2n) is 6.83. The van der Waals surface area contributed by atoms with Gasteiger partial charge in [0.25, 0.3) is 0 Å². The second-order valence-corrected chi connectivity index (χ2v) is 7.69. The quantitative estimate of drug-likeness (QED) is 0.193. The molecule has 33 heavy (non-hydrogen) atoms. The third kappa shape index (κ3) is 8.41. The van der Waals surface area contributed by atoms with Gasteiger partial charge in [0.1, 0.15) is 6.42 Å². The number of carbonyl (C=O) groups is 2. The zero-order chi connectivity index (χ0) is 24.4. The molecule has 0 saturated carbocycles. The minimum atomic E-state index is -4.54. The van der Waals surface area contributed by atoms with Gasteiger partial charge in [0.2, 0.25) is 11.8 Å². The molecule has 178 valence electrons. The summed E-state index contributed by atoms with van der Waals surface area (Å²) in [6.45, 7) is 2.59. The molecule has 0 unspecified atom stereocenters. The van der Waals surface area contributed by atoms with Crippen molar-refractivity contribution in [1.29, 1.82) is 0 Å². The smallest absolute Gasteiger partial charge is 0.416 e. The van der Waals surface area contributed by atoms with Gasteiger partial charge in [0, 0.05) is 5.69 Å². The number of methoxy groups -OCH3 is 1. The van der Waals surface area contributed by atoms with Crippen molar-refractivity contribution in [2.75, 3.05) is 19.0 Å². The van der Waals surface area contributed by atoms with Gasteiger partial charge in [-0.25, -0.2) is 5.43 Å². The number of hydrazone groups is 1. The summed E-state index contributed by atoms with van der Waals surface area (Å²) in [6.07, 6.45) is -1.92. The van der Waals surface area contributed by atoms with Crippen molar-refractivity contribution in [3.63, 3.8) is 0 Å². The van der Waals surface area contributed by atoms with E-state index < -0.39 is 30.0 Å². The van der Waals surface area contributed by atoms with Crippen molar-refractivity contribution in [1.82, 2.24) is 5.43 Å². The predicted molar refractivity (Wildman–Crippen MR) is 122 cm³/mol. The van der Waals surface area contributed by atoms with E-state index >= 15 is 0 Å². The van der Waals surface area contributed by atoms with Crippen LogP contribution in [0.5, 0.6) is 11.5 Å². The van der Waals surface area contributed by atoms with Gasteiger partial charge in [-0.05, 0) is 58.2 Å². The predicted octanol–water partition coefficient (Wildman–Crippen LogP) is 5.13. The summed E-state index contributed by atoms with van der Waals surface area (Å²) in [7, 11) is 1.50. The third-order valence-electron chi connectivity index (χ3n) is 4.19. The monoisotopic (exact) mass is 529 g/mol. The van der Waals surface area contributed by atoms with Crippen molar-refractivity contribution in [3.05, 3.63) is 52.0 Å². The number of nitrogens with zero attached hydrogens (tertiary/aromatic N) is 1. The van der Waals surface area contributed by atoms with E-state index in [0.717, 1.165) is 31.0 Å². The van der Waals surface area contributed by atoms with Crippen LogP contribution in [0.4, 0.5) is 18.9 Å². The highest BCUT2D eigenvalue weighted by molar-refractivity contribution is 9.10. The van der Waals surface area contributed by atoms with Gasteiger partial charge < -0.3 is 14.8 Å². The number of halogens is 4. The normalized spacial score (nSPS) is 11.3. The molecule has 0 aliphatic rings. The van der Waals surface area contributed by atoms with E-state index in [-0.39, 0.29) is 5.69 Å². The summed E-state index contributed by atoms with van der Waals surface area (Å²) in [5.41, 5.74) is 1.82. The van der Waals surface area contributed by atoms with Crippen LogP contribution in [0, 0.1) is 0 Å². The van der Waals surface area contributed by atoms with Crippen LogP contribution in [0.3, 0.4) is 0 Å². The number of alkyl halides is 3. The number of benzene rings is 2. The molecule has 2 aromatic rings. The number of hydrogen-bond donors (Lipinski definition) is 2. The van der Waals surface area contributed by atoms with Gasteiger partial charge in [-0.15, -0.1) is 0 Å². The topological polar surface area (TPSA) is 89.0 Å². The number of nitrogens with one attached hydrogen (secondary N) is 2. The summed E-state index contributed by atoms with van der Waals surface area (Å²) in [5, 5.41) is 6.05. The molecular weight excluding hydrogens is 507 g/mol. The number of unbranched alkanes of at least 4 members (excludes halogenated alkanes) is 1. The summed E-state index contributed by atoms with van der Waals surface area (Å²) < 4.78 is 49.9. The van der Waals surface area contributed by atoms with Gasteiger partial charge in [-0.1, -0.05) is 19.4 Å². The van der Waals surface area contributed by atoms with Crippen molar-refractivity contribution >= 4 is 39.6 Å². The zero-order valence-electron chi connectivity index (χ0n) is 18.0. The highest BCUT2D eigenvalue weighted by Gasteiger charge is 2.30. The Balaban J connectivity index is 1.93. The molecule has 0 bridgehead atoms. The van der Waals surface area contributed by atoms with E-state index in [1.807, 2.05) is 0 Å². The molecule has 7 nitrogen and oxygen atoms in total. The van der Waals surface area contributed by atoms with Gasteiger partial charge in [-0.3, -0.25) is 9.59 Å². The number of anilines is 1. The number of ether oxygens (including phenoxy) is 2. The fourth-order valence-corrected chi connectivity index (χ4v) is 3.19. The minimum absolute atomic E-state index is 0.0654. The number of rotatable bonds is 10. The number of hydrogen-bond acceptors (Lipinski definition) is 5. The highest BCUT2D eigenvalue weighted by Crippen LogP contribution is 2.36. The van der Waals surface area contributed by atoms with Crippen molar-refractivity contribution in [3.8, 4) is 11.5 Å². The Morgan fingerprint density at radius 2 is 1.94 bits per heavy atom. The number of amides is 2. The van der Waals surface area contributed by atoms with Crippen LogP contribution in [0.1, 0.15) is 37.3 Å². The zero-order valence-corrected chi connectivity index (χ0v) is 19.5. The van der Waals surface area contributed by atoms with Crippen LogP contribution in [0.15, 0.2) is 46.0 Å². The van der Waals surface area contributed by atoms with E-state index in [0.29, 0.717) is 28.1 Å². The van der Waals surface area contributed by atoms with E-state index in [1.165, 1.54) is 19.4 Å². The molecular formula is C22H23BrF3N3O4. The van der Waals surface area contributed by atoms with Crippen LogP contribution < -0.4 is 20.2 Å². The fourth-order valence-electron chi connectivity index (χ4n) is 2.62. The lowest BCUT2D eigenvalue weighted by molar-refractivity contribution is -0.137. The van der Waals surface area contributed by atoms with Crippen molar-refractivity contribution in [2.45, 2.75) is 32.4 Å². The van der Waals surface area contributed by atoms with E-state index in [9.17, 15) is 22.8 Å². The fraction of sp³-hybridized carbons (Fsp3) is 0.318. The highest BCUT2D eigenvalue weighted by atomic mass is 79.9. The lowest BCUT2D eigenvalue weighted by atomic mass is 10.2. The molecule has 2 rings (SSSR count). The average molecular weight is 530 g/mol. The SMILES string of the molecule is CCCCOc1c(Br)cc(C=NNC(=O)CC(=O)Nc2cccc(C(F)(F)F)c2)cc1OC. The van der Waals surface area contributed by atoms with Gasteiger partial charge >= 0.3 is 6.18 Å². The summed E-state index contributed by atoms with van der Waals surface area (Å²) in [5.74, 6) is -0.478. The van der Waals surface area contributed by atoms with E-state index in [2.05, 4.69) is 38.7 Å². The Morgan fingerprint density at radius 3 is 2.61 bits per heavy atom. The first-order chi connectivity index (χ1) is 15.6. The van der Waals surface area contributed by atoms with Crippen LogP contribution in [0.2, 0.25) is 0 Å². The number of carbonyl (C=O) groups excluding carboxylic acids is 2. The third-order valence-corrected chi connectivity index (χ3v) is 4.78. The first-order valence-corrected chi connectivity index (χ1v) is 10.7. The van der Waals surface area contributed by atoms with Crippen molar-refractivity contribution < 1.29 is 32.2 Å². The lowest BCUT2D eigenvalue weighted by Gasteiger charge is -2.13. The Hall–Kier alpha value is -3.08. The molecule has 2 N–H and O–H groups in total. The summed E-state index contributed by atoms with van der Waals surface area (Å²) in [6, 6.07) is 7.52. The van der Waals surface area contributed by atoms with E-state index in [4.69, 9.17) is 9.47 Å². The Labute approximate surface area is 197 Å². The molecule has 0 aromatic heterocycles. The van der Waals surface area contributed by atoms with Crippen molar-refractivity contribution in [2.24, 2.45) is 5.10 Å². The molecule has 0 fully saturated rings. The van der Waals surface area contributed by atoms with Crippen LogP contribution >= 0.6 is 15.9 Å². The van der Waals surface area contributed by atoms with Gasteiger partial charge in [-0.2, -0.15) is 18.3 Å². The molecule has 2 amide bonds. The maximum atomic E-state index is 12.7. The molecule has 11 heteroatoms. The second kappa shape index (κ2) is 12.2. The summed E-state index contributed by atoms with van der Waals surface area (Å²) >= 11 is 3.42. The molecule has 2 aromatic carbocycles. The summed E-state index contributed by atoms with van der Waals surface area (Å²) in [4.78, 5) is 23.9. The first-order valence-electron chi connectivity index (χ1n) is 9.93. The van der Waals surface area contributed by atoms with Crippen LogP contribution in [-0.2, 0) is 15.8 Å². The Kier molecular flexibility index (Phi) is 9.71. The Bertz CT molecular complexity index is 1010. The first kappa shape index (κ1) is 26.2.